The van der Waals surface area contributed by atoms with Crippen molar-refractivity contribution < 1.29 is 0 Å². The van der Waals surface area contributed by atoms with Gasteiger partial charge < -0.3 is 11.1 Å². The lowest BCUT2D eigenvalue weighted by Crippen LogP contribution is -2.05. The molecule has 5 nitrogen and oxygen atoms in total. The number of nitrogen functional groups attached to an aromatic ring is 1. The maximum Gasteiger partial charge on any atom is 0.139 e. The molecule has 0 fully saturated rings. The van der Waals surface area contributed by atoms with Gasteiger partial charge in [-0.3, -0.25) is 0 Å². The number of halogens is 1. The maximum absolute atomic E-state index is 9.11. The third kappa shape index (κ3) is 2.83. The average Bonchev–Trinajstić information content (AvgIpc) is 2.39. The van der Waals surface area contributed by atoms with Crippen molar-refractivity contribution in [2.24, 2.45) is 0 Å². The zero-order valence-electron chi connectivity index (χ0n) is 10.3. The molecule has 0 aliphatic rings. The normalized spacial score (nSPS) is 9.95. The van der Waals surface area contributed by atoms with E-state index in [9.17, 15) is 0 Å². The van der Waals surface area contributed by atoms with Crippen molar-refractivity contribution in [3.63, 3.8) is 0 Å². The number of nitrogens with zero attached hydrogens (tertiary/aromatic N) is 3. The molecule has 1 aromatic heterocycles. The third-order valence-corrected chi connectivity index (χ3v) is 3.18. The summed E-state index contributed by atoms with van der Waals surface area (Å²) < 4.78 is 0.883. The Balaban J connectivity index is 2.45. The fourth-order valence-electron chi connectivity index (χ4n) is 1.73. The molecule has 1 heterocycles. The van der Waals surface area contributed by atoms with Gasteiger partial charge in [0.15, 0.2) is 0 Å². The number of nitrogens with two attached hydrogens (primary N) is 1. The van der Waals surface area contributed by atoms with Crippen molar-refractivity contribution in [3.05, 3.63) is 40.1 Å². The van der Waals surface area contributed by atoms with Crippen LogP contribution in [0.3, 0.4) is 0 Å². The van der Waals surface area contributed by atoms with Crippen molar-refractivity contribution in [2.75, 3.05) is 11.1 Å². The number of hydrogen-bond acceptors (Lipinski definition) is 5. The van der Waals surface area contributed by atoms with Crippen LogP contribution in [-0.4, -0.2) is 9.97 Å². The second-order valence-electron chi connectivity index (χ2n) is 3.87. The lowest BCUT2D eigenvalue weighted by Gasteiger charge is -2.12. The molecule has 0 aliphatic carbocycles. The van der Waals surface area contributed by atoms with Crippen molar-refractivity contribution in [2.45, 2.75) is 13.3 Å². The van der Waals surface area contributed by atoms with Gasteiger partial charge in [-0.05, 0) is 24.6 Å². The largest absolute Gasteiger partial charge is 0.383 e. The Morgan fingerprint density at radius 1 is 1.42 bits per heavy atom. The predicted molar refractivity (Wildman–Crippen MR) is 78.0 cm³/mol. The highest BCUT2D eigenvalue weighted by atomic mass is 79.9. The van der Waals surface area contributed by atoms with Crippen LogP contribution >= 0.6 is 15.9 Å². The van der Waals surface area contributed by atoms with Gasteiger partial charge in [-0.15, -0.1) is 0 Å². The summed E-state index contributed by atoms with van der Waals surface area (Å²) in [6.45, 7) is 1.98. The molecule has 0 atom stereocenters. The minimum absolute atomic E-state index is 0.452. The Bertz CT molecular complexity index is 648. The molecular weight excluding hydrogens is 306 g/mol. The summed E-state index contributed by atoms with van der Waals surface area (Å²) in [5.74, 6) is 1.08. The predicted octanol–water partition coefficient (Wildman–Crippen LogP) is 3.00. The fourth-order valence-corrected chi connectivity index (χ4v) is 2.09. The van der Waals surface area contributed by atoms with E-state index in [0.717, 1.165) is 10.0 Å². The standard InChI is InChI=1S/C13H12BrN5/c1-2-10-12(16)17-7-18-13(10)19-11-5-9(14)4-3-8(11)6-15/h3-5,7H,2H2,1H3,(H3,16,17,18,19). The van der Waals surface area contributed by atoms with E-state index in [1.165, 1.54) is 6.33 Å². The Morgan fingerprint density at radius 2 is 2.21 bits per heavy atom. The van der Waals surface area contributed by atoms with Crippen LogP contribution in [0.2, 0.25) is 0 Å². The van der Waals surface area contributed by atoms with Crippen LogP contribution in [0.15, 0.2) is 29.0 Å². The number of nitrogens with one attached hydrogen (secondary N) is 1. The molecule has 0 saturated carbocycles. The Hall–Kier alpha value is -2.13. The molecule has 0 bridgehead atoms. The summed E-state index contributed by atoms with van der Waals surface area (Å²) in [7, 11) is 0. The van der Waals surface area contributed by atoms with E-state index in [-0.39, 0.29) is 0 Å². The van der Waals surface area contributed by atoms with Gasteiger partial charge in [0.25, 0.3) is 0 Å². The van der Waals surface area contributed by atoms with Gasteiger partial charge in [-0.2, -0.15) is 5.26 Å². The van der Waals surface area contributed by atoms with Crippen LogP contribution in [0.25, 0.3) is 0 Å². The fraction of sp³-hybridized carbons (Fsp3) is 0.154. The molecule has 0 spiro atoms. The van der Waals surface area contributed by atoms with Gasteiger partial charge in [0.2, 0.25) is 0 Å². The molecule has 0 amide bonds. The number of benzene rings is 1. The van der Waals surface area contributed by atoms with E-state index in [1.807, 2.05) is 19.1 Å². The number of rotatable bonds is 3. The summed E-state index contributed by atoms with van der Waals surface area (Å²) >= 11 is 3.38. The summed E-state index contributed by atoms with van der Waals surface area (Å²) in [6, 6.07) is 7.52. The average molecular weight is 318 g/mol. The van der Waals surface area contributed by atoms with Crippen LogP contribution in [-0.2, 0) is 6.42 Å². The van der Waals surface area contributed by atoms with E-state index in [4.69, 9.17) is 11.0 Å². The van der Waals surface area contributed by atoms with Gasteiger partial charge >= 0.3 is 0 Å². The molecule has 6 heteroatoms. The van der Waals surface area contributed by atoms with E-state index in [2.05, 4.69) is 37.3 Å². The second-order valence-corrected chi connectivity index (χ2v) is 4.78. The van der Waals surface area contributed by atoms with Crippen LogP contribution in [0.4, 0.5) is 17.3 Å². The first-order valence-electron chi connectivity index (χ1n) is 5.71. The Kier molecular flexibility index (Phi) is 3.97. The Morgan fingerprint density at radius 3 is 2.89 bits per heavy atom. The smallest absolute Gasteiger partial charge is 0.139 e. The molecule has 0 aliphatic heterocycles. The number of aromatic nitrogens is 2. The quantitative estimate of drug-likeness (QED) is 0.908. The monoisotopic (exact) mass is 317 g/mol. The molecule has 0 unspecified atom stereocenters. The lowest BCUT2D eigenvalue weighted by molar-refractivity contribution is 1.06. The minimum Gasteiger partial charge on any atom is -0.383 e. The summed E-state index contributed by atoms with van der Waals surface area (Å²) in [5, 5.41) is 12.2. The zero-order valence-corrected chi connectivity index (χ0v) is 11.9. The molecule has 96 valence electrons. The van der Waals surface area contributed by atoms with Crippen molar-refractivity contribution in [3.8, 4) is 6.07 Å². The van der Waals surface area contributed by atoms with Crippen molar-refractivity contribution in [1.29, 1.82) is 5.26 Å². The minimum atomic E-state index is 0.452. The lowest BCUT2D eigenvalue weighted by atomic mass is 10.1. The summed E-state index contributed by atoms with van der Waals surface area (Å²) in [4.78, 5) is 8.15. The van der Waals surface area contributed by atoms with Crippen LogP contribution in [0.1, 0.15) is 18.1 Å². The molecule has 2 rings (SSSR count). The first kappa shape index (κ1) is 13.3. The van der Waals surface area contributed by atoms with Crippen LogP contribution < -0.4 is 11.1 Å². The third-order valence-electron chi connectivity index (χ3n) is 2.69. The van der Waals surface area contributed by atoms with Crippen molar-refractivity contribution >= 4 is 33.3 Å². The first-order valence-corrected chi connectivity index (χ1v) is 6.51. The van der Waals surface area contributed by atoms with E-state index >= 15 is 0 Å². The van der Waals surface area contributed by atoms with Crippen molar-refractivity contribution in [1.82, 2.24) is 9.97 Å². The number of hydrogen-bond donors (Lipinski definition) is 2. The van der Waals surface area contributed by atoms with Crippen LogP contribution in [0.5, 0.6) is 0 Å². The molecule has 0 saturated heterocycles. The number of nitriles is 1. The highest BCUT2D eigenvalue weighted by Gasteiger charge is 2.10. The van der Waals surface area contributed by atoms with Gasteiger partial charge in [-0.25, -0.2) is 9.97 Å². The van der Waals surface area contributed by atoms with Crippen LogP contribution in [0, 0.1) is 11.3 Å². The van der Waals surface area contributed by atoms with Gasteiger partial charge in [0, 0.05) is 10.0 Å². The SMILES string of the molecule is CCc1c(N)ncnc1Nc1cc(Br)ccc1C#N. The zero-order chi connectivity index (χ0) is 13.8. The Labute approximate surface area is 119 Å². The highest BCUT2D eigenvalue weighted by Crippen LogP contribution is 2.26. The number of anilines is 3. The first-order chi connectivity index (χ1) is 9.15. The van der Waals surface area contributed by atoms with Gasteiger partial charge in [0.05, 0.1) is 11.3 Å². The summed E-state index contributed by atoms with van der Waals surface area (Å²) in [5.41, 5.74) is 7.89. The molecule has 19 heavy (non-hydrogen) atoms. The molecule has 2 aromatic rings. The topological polar surface area (TPSA) is 87.6 Å². The molecular formula is C13H12BrN5. The van der Waals surface area contributed by atoms with E-state index < -0.39 is 0 Å². The van der Waals surface area contributed by atoms with E-state index in [0.29, 0.717) is 29.3 Å². The van der Waals surface area contributed by atoms with Gasteiger partial charge in [-0.1, -0.05) is 22.9 Å². The highest BCUT2D eigenvalue weighted by molar-refractivity contribution is 9.10. The second kappa shape index (κ2) is 5.67. The maximum atomic E-state index is 9.11. The van der Waals surface area contributed by atoms with E-state index in [1.54, 1.807) is 6.07 Å². The molecule has 0 radical (unpaired) electrons. The molecule has 3 N–H and O–H groups in total. The molecule has 1 aromatic carbocycles. The van der Waals surface area contributed by atoms with Gasteiger partial charge in [0.1, 0.15) is 24.0 Å². The summed E-state index contributed by atoms with van der Waals surface area (Å²) in [6.07, 6.45) is 2.12.